The Bertz CT molecular complexity index is 321. The molecule has 76 valence electrons. The highest BCUT2D eigenvalue weighted by Crippen LogP contribution is 2.22. The van der Waals surface area contributed by atoms with Crippen LogP contribution < -0.4 is 5.32 Å². The van der Waals surface area contributed by atoms with Crippen LogP contribution in [-0.2, 0) is 4.74 Å². The first kappa shape index (κ1) is 9.97. The zero-order chi connectivity index (χ0) is 9.97. The molecular formula is C11H14ClNO. The van der Waals surface area contributed by atoms with Gasteiger partial charge in [0, 0.05) is 11.6 Å². The highest BCUT2D eigenvalue weighted by Gasteiger charge is 2.15. The van der Waals surface area contributed by atoms with Crippen molar-refractivity contribution < 1.29 is 4.74 Å². The maximum atomic E-state index is 6.06. The van der Waals surface area contributed by atoms with Crippen molar-refractivity contribution in [3.63, 3.8) is 0 Å². The zero-order valence-corrected chi connectivity index (χ0v) is 8.97. The molecule has 1 aliphatic rings. The lowest BCUT2D eigenvalue weighted by molar-refractivity contribution is 0.0769. The van der Waals surface area contributed by atoms with Crippen LogP contribution in [0.5, 0.6) is 0 Å². The third-order valence-corrected chi connectivity index (χ3v) is 2.93. The number of hydrogen-bond acceptors (Lipinski definition) is 2. The van der Waals surface area contributed by atoms with Crippen molar-refractivity contribution >= 4 is 11.6 Å². The number of halogens is 1. The summed E-state index contributed by atoms with van der Waals surface area (Å²) in [5.41, 5.74) is 2.33. The van der Waals surface area contributed by atoms with E-state index in [1.807, 2.05) is 19.1 Å². The average Bonchev–Trinajstić information content (AvgIpc) is 2.23. The van der Waals surface area contributed by atoms with Gasteiger partial charge >= 0.3 is 0 Å². The van der Waals surface area contributed by atoms with Crippen molar-refractivity contribution in [2.24, 2.45) is 0 Å². The molecule has 0 spiro atoms. The number of benzene rings is 1. The topological polar surface area (TPSA) is 21.3 Å². The molecule has 1 fully saturated rings. The molecule has 0 amide bonds. The summed E-state index contributed by atoms with van der Waals surface area (Å²) in [6, 6.07) is 6.46. The summed E-state index contributed by atoms with van der Waals surface area (Å²) >= 11 is 6.06. The van der Waals surface area contributed by atoms with Crippen molar-refractivity contribution in [1.29, 1.82) is 0 Å². The van der Waals surface area contributed by atoms with Gasteiger partial charge in [0.2, 0.25) is 0 Å². The Morgan fingerprint density at radius 1 is 1.50 bits per heavy atom. The van der Waals surface area contributed by atoms with Gasteiger partial charge in [0.15, 0.2) is 0 Å². The smallest absolute Gasteiger partial charge is 0.0662 e. The van der Waals surface area contributed by atoms with Crippen LogP contribution in [0.25, 0.3) is 0 Å². The van der Waals surface area contributed by atoms with Crippen LogP contribution in [0.1, 0.15) is 17.2 Å². The van der Waals surface area contributed by atoms with E-state index in [9.17, 15) is 0 Å². The molecule has 0 saturated carbocycles. The Kier molecular flexibility index (Phi) is 3.06. The third-order valence-electron chi connectivity index (χ3n) is 2.52. The van der Waals surface area contributed by atoms with E-state index in [0.717, 1.165) is 30.3 Å². The van der Waals surface area contributed by atoms with Gasteiger partial charge in [-0.1, -0.05) is 23.7 Å². The van der Waals surface area contributed by atoms with Crippen LogP contribution in [0.4, 0.5) is 0 Å². The molecule has 0 aliphatic carbocycles. The Hall–Kier alpha value is -0.570. The summed E-state index contributed by atoms with van der Waals surface area (Å²) in [6.45, 7) is 4.46. The fourth-order valence-electron chi connectivity index (χ4n) is 1.61. The second kappa shape index (κ2) is 4.30. The molecular weight excluding hydrogens is 198 g/mol. The van der Waals surface area contributed by atoms with Gasteiger partial charge in [-0.05, 0) is 24.1 Å². The van der Waals surface area contributed by atoms with Crippen LogP contribution in [0, 0.1) is 6.92 Å². The molecule has 14 heavy (non-hydrogen) atoms. The average molecular weight is 212 g/mol. The molecule has 1 aromatic carbocycles. The second-order valence-corrected chi connectivity index (χ2v) is 4.00. The maximum Gasteiger partial charge on any atom is 0.0662 e. The quantitative estimate of drug-likeness (QED) is 0.770. The molecule has 1 heterocycles. The molecule has 0 unspecified atom stereocenters. The highest BCUT2D eigenvalue weighted by atomic mass is 35.5. The molecule has 1 N–H and O–H groups in total. The Labute approximate surface area is 89.2 Å². The zero-order valence-electron chi connectivity index (χ0n) is 8.22. The lowest BCUT2D eigenvalue weighted by Gasteiger charge is -2.24. The summed E-state index contributed by atoms with van der Waals surface area (Å²) in [5.74, 6) is 0. The molecule has 2 rings (SSSR count). The number of morpholine rings is 1. The molecule has 1 atom stereocenters. The van der Waals surface area contributed by atoms with Crippen molar-refractivity contribution in [2.45, 2.75) is 13.0 Å². The lowest BCUT2D eigenvalue weighted by atomic mass is 10.1. The number of ether oxygens (including phenoxy) is 1. The Morgan fingerprint density at radius 2 is 2.36 bits per heavy atom. The minimum Gasteiger partial charge on any atom is -0.378 e. The molecule has 0 radical (unpaired) electrons. The van der Waals surface area contributed by atoms with E-state index in [0.29, 0.717) is 6.04 Å². The first-order chi connectivity index (χ1) is 6.77. The maximum absolute atomic E-state index is 6.06. The molecule has 2 nitrogen and oxygen atoms in total. The first-order valence-corrected chi connectivity index (χ1v) is 5.22. The van der Waals surface area contributed by atoms with Crippen molar-refractivity contribution in [3.05, 3.63) is 34.3 Å². The van der Waals surface area contributed by atoms with Crippen LogP contribution in [0.3, 0.4) is 0 Å². The number of rotatable bonds is 1. The van der Waals surface area contributed by atoms with Gasteiger partial charge < -0.3 is 10.1 Å². The molecule has 1 aliphatic heterocycles. The van der Waals surface area contributed by atoms with Crippen LogP contribution in [0.2, 0.25) is 5.02 Å². The predicted octanol–water partition coefficient (Wildman–Crippen LogP) is 2.31. The van der Waals surface area contributed by atoms with E-state index in [1.165, 1.54) is 5.56 Å². The van der Waals surface area contributed by atoms with E-state index >= 15 is 0 Å². The molecule has 0 aromatic heterocycles. The molecule has 1 saturated heterocycles. The number of aryl methyl sites for hydroxylation is 1. The van der Waals surface area contributed by atoms with Crippen LogP contribution in [0.15, 0.2) is 18.2 Å². The Morgan fingerprint density at radius 3 is 3.00 bits per heavy atom. The fraction of sp³-hybridized carbons (Fsp3) is 0.455. The second-order valence-electron chi connectivity index (χ2n) is 3.59. The molecule has 0 bridgehead atoms. The monoisotopic (exact) mass is 211 g/mol. The lowest BCUT2D eigenvalue weighted by Crippen LogP contribution is -2.34. The summed E-state index contributed by atoms with van der Waals surface area (Å²) in [6.07, 6.45) is 0. The van der Waals surface area contributed by atoms with Crippen molar-refractivity contribution in [2.75, 3.05) is 19.8 Å². The van der Waals surface area contributed by atoms with Gasteiger partial charge in [-0.2, -0.15) is 0 Å². The fourth-order valence-corrected chi connectivity index (χ4v) is 1.79. The Balaban J connectivity index is 2.18. The SMILES string of the molecule is Cc1ccc([C@H]2COCCN2)cc1Cl. The normalized spacial score (nSPS) is 22.3. The highest BCUT2D eigenvalue weighted by molar-refractivity contribution is 6.31. The van der Waals surface area contributed by atoms with E-state index in [-0.39, 0.29) is 0 Å². The van der Waals surface area contributed by atoms with E-state index in [1.54, 1.807) is 0 Å². The van der Waals surface area contributed by atoms with Gasteiger partial charge in [-0.15, -0.1) is 0 Å². The third kappa shape index (κ3) is 2.08. The first-order valence-electron chi connectivity index (χ1n) is 4.84. The van der Waals surface area contributed by atoms with Crippen molar-refractivity contribution in [1.82, 2.24) is 5.32 Å². The van der Waals surface area contributed by atoms with Crippen LogP contribution in [-0.4, -0.2) is 19.8 Å². The summed E-state index contributed by atoms with van der Waals surface area (Å²) < 4.78 is 5.40. The molecule has 1 aromatic rings. The van der Waals surface area contributed by atoms with E-state index in [2.05, 4.69) is 11.4 Å². The standard InChI is InChI=1S/C11H14ClNO/c1-8-2-3-9(6-10(8)12)11-7-14-5-4-13-11/h2-3,6,11,13H,4-5,7H2,1H3/t11-/m1/s1. The summed E-state index contributed by atoms with van der Waals surface area (Å²) in [7, 11) is 0. The van der Waals surface area contributed by atoms with Gasteiger partial charge in [0.25, 0.3) is 0 Å². The van der Waals surface area contributed by atoms with Gasteiger partial charge in [-0.3, -0.25) is 0 Å². The minimum atomic E-state index is 0.293. The van der Waals surface area contributed by atoms with E-state index in [4.69, 9.17) is 16.3 Å². The van der Waals surface area contributed by atoms with Crippen molar-refractivity contribution in [3.8, 4) is 0 Å². The van der Waals surface area contributed by atoms with Crippen LogP contribution >= 0.6 is 11.6 Å². The molecule has 3 heteroatoms. The van der Waals surface area contributed by atoms with Gasteiger partial charge in [0.05, 0.1) is 19.3 Å². The summed E-state index contributed by atoms with van der Waals surface area (Å²) in [4.78, 5) is 0. The minimum absolute atomic E-state index is 0.293. The van der Waals surface area contributed by atoms with E-state index < -0.39 is 0 Å². The largest absolute Gasteiger partial charge is 0.378 e. The number of hydrogen-bond donors (Lipinski definition) is 1. The predicted molar refractivity (Wildman–Crippen MR) is 57.8 cm³/mol. The van der Waals surface area contributed by atoms with Gasteiger partial charge in [0.1, 0.15) is 0 Å². The summed E-state index contributed by atoms with van der Waals surface area (Å²) in [5, 5.41) is 4.23. The van der Waals surface area contributed by atoms with Gasteiger partial charge in [-0.25, -0.2) is 0 Å². The number of nitrogens with one attached hydrogen (secondary N) is 1.